The first-order valence-electron chi connectivity index (χ1n) is 6.02. The van der Waals surface area contributed by atoms with Crippen LogP contribution in [0.15, 0.2) is 18.2 Å². The summed E-state index contributed by atoms with van der Waals surface area (Å²) in [5, 5.41) is 22.8. The highest BCUT2D eigenvalue weighted by molar-refractivity contribution is 5.94. The molecule has 2 N–H and O–H groups in total. The molecule has 6 heteroatoms. The molecule has 1 aromatic carbocycles. The van der Waals surface area contributed by atoms with Crippen molar-refractivity contribution < 1.29 is 14.8 Å². The van der Waals surface area contributed by atoms with Gasteiger partial charge in [-0.1, -0.05) is 20.8 Å². The Labute approximate surface area is 111 Å². The molecule has 0 aliphatic heterocycles. The van der Waals surface area contributed by atoms with Crippen molar-refractivity contribution in [2.24, 2.45) is 5.41 Å². The van der Waals surface area contributed by atoms with E-state index in [1.54, 1.807) is 0 Å². The Morgan fingerprint density at radius 3 is 2.58 bits per heavy atom. The fourth-order valence-corrected chi connectivity index (χ4v) is 1.44. The number of carboxylic acids is 1. The van der Waals surface area contributed by atoms with Gasteiger partial charge in [-0.15, -0.1) is 0 Å². The number of nitrogens with zero attached hydrogens (tertiary/aromatic N) is 1. The first kappa shape index (κ1) is 14.9. The number of carboxylic acid groups (broad SMARTS) is 1. The van der Waals surface area contributed by atoms with Crippen LogP contribution in [0.4, 0.5) is 11.4 Å². The SMILES string of the molecule is CCC(C)(C)CNc1cc([N+](=O)[O-])ccc1C(=O)O. The molecule has 0 radical (unpaired) electrons. The molecule has 0 spiro atoms. The number of rotatable bonds is 6. The summed E-state index contributed by atoms with van der Waals surface area (Å²) in [5.41, 5.74) is 0.183. The average molecular weight is 266 g/mol. The van der Waals surface area contributed by atoms with Crippen molar-refractivity contribution in [3.05, 3.63) is 33.9 Å². The molecule has 0 aliphatic carbocycles. The van der Waals surface area contributed by atoms with Crippen molar-refractivity contribution in [1.82, 2.24) is 0 Å². The molecule has 0 saturated heterocycles. The number of anilines is 1. The predicted molar refractivity (Wildman–Crippen MR) is 72.6 cm³/mol. The highest BCUT2D eigenvalue weighted by atomic mass is 16.6. The van der Waals surface area contributed by atoms with E-state index >= 15 is 0 Å². The topological polar surface area (TPSA) is 92.5 Å². The average Bonchev–Trinajstić information content (AvgIpc) is 2.35. The van der Waals surface area contributed by atoms with Crippen molar-refractivity contribution in [2.75, 3.05) is 11.9 Å². The van der Waals surface area contributed by atoms with E-state index < -0.39 is 10.9 Å². The smallest absolute Gasteiger partial charge is 0.337 e. The molecule has 1 aromatic rings. The lowest BCUT2D eigenvalue weighted by molar-refractivity contribution is -0.384. The molecule has 0 amide bonds. The maximum Gasteiger partial charge on any atom is 0.337 e. The van der Waals surface area contributed by atoms with Crippen molar-refractivity contribution in [3.63, 3.8) is 0 Å². The summed E-state index contributed by atoms with van der Waals surface area (Å²) in [6.07, 6.45) is 0.914. The monoisotopic (exact) mass is 266 g/mol. The number of benzene rings is 1. The van der Waals surface area contributed by atoms with Gasteiger partial charge in [0.1, 0.15) is 0 Å². The molecule has 0 atom stereocenters. The van der Waals surface area contributed by atoms with Crippen LogP contribution in [0.25, 0.3) is 0 Å². The Hall–Kier alpha value is -2.11. The summed E-state index contributed by atoms with van der Waals surface area (Å²) in [4.78, 5) is 21.3. The third-order valence-electron chi connectivity index (χ3n) is 3.16. The molecule has 0 bridgehead atoms. The van der Waals surface area contributed by atoms with Gasteiger partial charge in [0.05, 0.1) is 16.2 Å². The van der Waals surface area contributed by atoms with Gasteiger partial charge in [-0.2, -0.15) is 0 Å². The third-order valence-corrected chi connectivity index (χ3v) is 3.16. The molecule has 104 valence electrons. The zero-order valence-electron chi connectivity index (χ0n) is 11.3. The lowest BCUT2D eigenvalue weighted by Gasteiger charge is -2.24. The molecule has 0 heterocycles. The maximum atomic E-state index is 11.1. The van der Waals surface area contributed by atoms with Crippen molar-refractivity contribution in [1.29, 1.82) is 0 Å². The maximum absolute atomic E-state index is 11.1. The first-order valence-corrected chi connectivity index (χ1v) is 6.02. The van der Waals surface area contributed by atoms with Crippen molar-refractivity contribution >= 4 is 17.3 Å². The molecule has 0 unspecified atom stereocenters. The minimum absolute atomic E-state index is 0.0135. The predicted octanol–water partition coefficient (Wildman–Crippen LogP) is 3.14. The number of aromatic carboxylic acids is 1. The molecular formula is C13H18N2O4. The second-order valence-corrected chi connectivity index (χ2v) is 5.16. The molecular weight excluding hydrogens is 248 g/mol. The van der Waals surface area contributed by atoms with Gasteiger partial charge in [-0.25, -0.2) is 4.79 Å². The van der Waals surface area contributed by atoms with Crippen LogP contribution in [0, 0.1) is 15.5 Å². The second kappa shape index (κ2) is 5.69. The summed E-state index contributed by atoms with van der Waals surface area (Å²) >= 11 is 0. The lowest BCUT2D eigenvalue weighted by Crippen LogP contribution is -2.23. The number of non-ortho nitro benzene ring substituents is 1. The van der Waals surface area contributed by atoms with Gasteiger partial charge in [0.15, 0.2) is 0 Å². The highest BCUT2D eigenvalue weighted by Gasteiger charge is 2.19. The van der Waals surface area contributed by atoms with E-state index in [0.29, 0.717) is 6.54 Å². The summed E-state index contributed by atoms with van der Waals surface area (Å²) in [5.74, 6) is -1.10. The summed E-state index contributed by atoms with van der Waals surface area (Å²) in [7, 11) is 0. The number of hydrogen-bond acceptors (Lipinski definition) is 4. The summed E-state index contributed by atoms with van der Waals surface area (Å²) in [6.45, 7) is 6.66. The number of carbonyl (C=O) groups is 1. The van der Waals surface area contributed by atoms with Crippen LogP contribution in [0.5, 0.6) is 0 Å². The van der Waals surface area contributed by atoms with Crippen LogP contribution in [0.2, 0.25) is 0 Å². The summed E-state index contributed by atoms with van der Waals surface area (Å²) in [6, 6.07) is 3.70. The van der Waals surface area contributed by atoms with Crippen LogP contribution >= 0.6 is 0 Å². The van der Waals surface area contributed by atoms with E-state index in [0.717, 1.165) is 6.42 Å². The van der Waals surface area contributed by atoms with Gasteiger partial charge in [-0.05, 0) is 17.9 Å². The minimum Gasteiger partial charge on any atom is -0.478 e. The molecule has 6 nitrogen and oxygen atoms in total. The fraction of sp³-hybridized carbons (Fsp3) is 0.462. The van der Waals surface area contributed by atoms with E-state index in [9.17, 15) is 14.9 Å². The molecule has 0 aliphatic rings. The van der Waals surface area contributed by atoms with E-state index in [1.807, 2.05) is 20.8 Å². The molecule has 1 rings (SSSR count). The minimum atomic E-state index is -1.10. The van der Waals surface area contributed by atoms with Gasteiger partial charge in [-0.3, -0.25) is 10.1 Å². The largest absolute Gasteiger partial charge is 0.478 e. The van der Waals surface area contributed by atoms with E-state index in [4.69, 9.17) is 5.11 Å². The third kappa shape index (κ3) is 3.94. The highest BCUT2D eigenvalue weighted by Crippen LogP contribution is 2.26. The Bertz CT molecular complexity index is 497. The number of hydrogen-bond donors (Lipinski definition) is 2. The number of nitrogens with one attached hydrogen (secondary N) is 1. The van der Waals surface area contributed by atoms with E-state index in [-0.39, 0.29) is 22.4 Å². The Kier molecular flexibility index (Phi) is 4.47. The van der Waals surface area contributed by atoms with Crippen LogP contribution < -0.4 is 5.32 Å². The van der Waals surface area contributed by atoms with Gasteiger partial charge >= 0.3 is 5.97 Å². The standard InChI is InChI=1S/C13H18N2O4/c1-4-13(2,3)8-14-11-7-9(15(18)19)5-6-10(11)12(16)17/h5-7,14H,4,8H2,1-3H3,(H,16,17). The number of nitro groups is 1. The zero-order valence-corrected chi connectivity index (χ0v) is 11.3. The Morgan fingerprint density at radius 1 is 1.47 bits per heavy atom. The quantitative estimate of drug-likeness (QED) is 0.609. The molecule has 19 heavy (non-hydrogen) atoms. The second-order valence-electron chi connectivity index (χ2n) is 5.16. The van der Waals surface area contributed by atoms with E-state index in [2.05, 4.69) is 5.32 Å². The van der Waals surface area contributed by atoms with Gasteiger partial charge in [0.25, 0.3) is 5.69 Å². The van der Waals surface area contributed by atoms with Gasteiger partial charge < -0.3 is 10.4 Å². The fourth-order valence-electron chi connectivity index (χ4n) is 1.44. The van der Waals surface area contributed by atoms with Gasteiger partial charge in [0, 0.05) is 18.7 Å². The van der Waals surface area contributed by atoms with Crippen LogP contribution in [-0.2, 0) is 0 Å². The van der Waals surface area contributed by atoms with Crippen LogP contribution in [0.1, 0.15) is 37.6 Å². The lowest BCUT2D eigenvalue weighted by atomic mass is 9.90. The van der Waals surface area contributed by atoms with Gasteiger partial charge in [0.2, 0.25) is 0 Å². The molecule has 0 saturated carbocycles. The summed E-state index contributed by atoms with van der Waals surface area (Å²) < 4.78 is 0. The molecule has 0 aromatic heterocycles. The normalized spacial score (nSPS) is 11.1. The van der Waals surface area contributed by atoms with Crippen LogP contribution in [-0.4, -0.2) is 22.5 Å². The number of nitro benzene ring substituents is 1. The van der Waals surface area contributed by atoms with E-state index in [1.165, 1.54) is 18.2 Å². The Morgan fingerprint density at radius 2 is 2.11 bits per heavy atom. The zero-order chi connectivity index (χ0) is 14.6. The first-order chi connectivity index (χ1) is 8.76. The molecule has 0 fully saturated rings. The van der Waals surface area contributed by atoms with Crippen molar-refractivity contribution in [2.45, 2.75) is 27.2 Å². The van der Waals surface area contributed by atoms with Crippen LogP contribution in [0.3, 0.4) is 0 Å². The van der Waals surface area contributed by atoms with Crippen molar-refractivity contribution in [3.8, 4) is 0 Å². The Balaban J connectivity index is 3.04.